The van der Waals surface area contributed by atoms with Crippen molar-refractivity contribution in [2.75, 3.05) is 24.8 Å². The van der Waals surface area contributed by atoms with Crippen LogP contribution in [-0.2, 0) is 0 Å². The molecular weight excluding hydrogens is 356 g/mol. The molecule has 0 amide bonds. The normalized spacial score (nSPS) is 14.5. The molecule has 8 heteroatoms. The van der Waals surface area contributed by atoms with E-state index in [1.165, 1.54) is 0 Å². The highest BCUT2D eigenvalue weighted by molar-refractivity contribution is 8.00. The Morgan fingerprint density at radius 3 is 2.88 bits per heavy atom. The Kier molecular flexibility index (Phi) is 4.63. The number of nitrogens with one attached hydrogen (secondary N) is 1. The van der Waals surface area contributed by atoms with Crippen LogP contribution in [0.25, 0.3) is 10.3 Å². The van der Waals surface area contributed by atoms with Gasteiger partial charge in [-0.25, -0.2) is 15.0 Å². The van der Waals surface area contributed by atoms with Crippen molar-refractivity contribution in [3.63, 3.8) is 0 Å². The first-order valence-corrected chi connectivity index (χ1v) is 10.1. The Labute approximate surface area is 154 Å². The van der Waals surface area contributed by atoms with E-state index in [2.05, 4.69) is 33.3 Å². The summed E-state index contributed by atoms with van der Waals surface area (Å²) >= 11 is 3.24. The Bertz CT molecular complexity index is 899. The van der Waals surface area contributed by atoms with Gasteiger partial charge in [0.1, 0.15) is 30.1 Å². The summed E-state index contributed by atoms with van der Waals surface area (Å²) in [6.07, 6.45) is 4.49. The number of hydrogen-bond acceptors (Lipinski definition) is 8. The topological polar surface area (TPSA) is 69.2 Å². The van der Waals surface area contributed by atoms with Gasteiger partial charge in [-0.1, -0.05) is 24.8 Å². The molecule has 3 heterocycles. The van der Waals surface area contributed by atoms with Crippen molar-refractivity contribution < 1.29 is 9.47 Å². The van der Waals surface area contributed by atoms with Gasteiger partial charge in [-0.15, -0.1) is 11.3 Å². The number of thioether (sulfide) groups is 1. The maximum absolute atomic E-state index is 5.71. The lowest BCUT2D eigenvalue weighted by molar-refractivity contribution is 0.171. The molecule has 25 heavy (non-hydrogen) atoms. The molecule has 2 aromatic heterocycles. The third kappa shape index (κ3) is 3.23. The van der Waals surface area contributed by atoms with E-state index in [0.29, 0.717) is 13.2 Å². The Morgan fingerprint density at radius 1 is 1.24 bits per heavy atom. The van der Waals surface area contributed by atoms with Crippen molar-refractivity contribution in [1.82, 2.24) is 15.0 Å². The number of thiazole rings is 1. The molecule has 0 aliphatic carbocycles. The molecule has 1 atom stereocenters. The molecule has 1 aromatic carbocycles. The second kappa shape index (κ2) is 7.05. The predicted octanol–water partition coefficient (Wildman–Crippen LogP) is 4.14. The quantitative estimate of drug-likeness (QED) is 0.673. The first kappa shape index (κ1) is 16.4. The number of anilines is 1. The fourth-order valence-corrected chi connectivity index (χ4v) is 4.25. The number of fused-ring (bicyclic) bond motifs is 2. The van der Waals surface area contributed by atoms with Crippen molar-refractivity contribution in [3.05, 3.63) is 30.1 Å². The van der Waals surface area contributed by atoms with Gasteiger partial charge in [0.2, 0.25) is 0 Å². The van der Waals surface area contributed by atoms with E-state index in [9.17, 15) is 0 Å². The zero-order valence-electron chi connectivity index (χ0n) is 14.0. The highest BCUT2D eigenvalue weighted by Crippen LogP contribution is 2.36. The van der Waals surface area contributed by atoms with Gasteiger partial charge in [-0.3, -0.25) is 0 Å². The maximum Gasteiger partial charge on any atom is 0.176 e. The second-order valence-electron chi connectivity index (χ2n) is 5.57. The van der Waals surface area contributed by atoms with Gasteiger partial charge in [0.25, 0.3) is 0 Å². The summed E-state index contributed by atoms with van der Waals surface area (Å²) in [6.45, 7) is 3.34. The average molecular weight is 374 g/mol. The maximum atomic E-state index is 5.71. The minimum Gasteiger partial charge on any atom is -0.486 e. The van der Waals surface area contributed by atoms with Gasteiger partial charge in [0.15, 0.2) is 21.5 Å². The van der Waals surface area contributed by atoms with Crippen molar-refractivity contribution in [1.29, 1.82) is 0 Å². The number of aromatic nitrogens is 3. The zero-order valence-corrected chi connectivity index (χ0v) is 15.6. The van der Waals surface area contributed by atoms with Gasteiger partial charge >= 0.3 is 0 Å². The summed E-state index contributed by atoms with van der Waals surface area (Å²) < 4.78 is 13.3. The third-order valence-electron chi connectivity index (χ3n) is 4.03. The van der Waals surface area contributed by atoms with Crippen LogP contribution >= 0.6 is 23.1 Å². The van der Waals surface area contributed by atoms with Crippen LogP contribution in [0.15, 0.2) is 28.9 Å². The molecule has 0 radical (unpaired) electrons. The first-order valence-electron chi connectivity index (χ1n) is 8.10. The van der Waals surface area contributed by atoms with Crippen LogP contribution in [0.1, 0.15) is 24.9 Å². The van der Waals surface area contributed by atoms with E-state index < -0.39 is 0 Å². The highest BCUT2D eigenvalue weighted by atomic mass is 32.2. The highest BCUT2D eigenvalue weighted by Gasteiger charge is 2.18. The van der Waals surface area contributed by atoms with E-state index in [1.54, 1.807) is 29.4 Å². The lowest BCUT2D eigenvalue weighted by Crippen LogP contribution is -2.16. The standard InChI is InChI=1S/C17H18N4O2S2/c1-3-11(10-4-5-12-13(8-10)23-7-6-22-12)20-15-14-16(19-9-18-15)21-17(24-2)25-14/h4-5,8-9,11H,3,6-7H2,1-2H3,(H,18,19,20). The molecular formula is C17H18N4O2S2. The minimum atomic E-state index is 0.119. The number of benzene rings is 1. The molecule has 4 rings (SSSR count). The molecule has 0 spiro atoms. The first-order chi connectivity index (χ1) is 12.3. The molecule has 3 aromatic rings. The molecule has 1 N–H and O–H groups in total. The number of hydrogen-bond donors (Lipinski definition) is 1. The van der Waals surface area contributed by atoms with Crippen LogP contribution in [0, 0.1) is 0 Å². The molecule has 1 aliphatic heterocycles. The molecule has 0 saturated heterocycles. The van der Waals surface area contributed by atoms with E-state index in [1.807, 2.05) is 18.4 Å². The SMILES string of the molecule is CCC(Nc1ncnc2nc(SC)sc12)c1ccc2c(c1)OCCO2. The number of nitrogens with zero attached hydrogens (tertiary/aromatic N) is 3. The van der Waals surface area contributed by atoms with Gasteiger partial charge in [-0.2, -0.15) is 0 Å². The summed E-state index contributed by atoms with van der Waals surface area (Å²) in [6, 6.07) is 6.22. The molecule has 0 bridgehead atoms. The Balaban J connectivity index is 1.65. The molecule has 130 valence electrons. The van der Waals surface area contributed by atoms with Gasteiger partial charge in [0, 0.05) is 0 Å². The largest absolute Gasteiger partial charge is 0.486 e. The smallest absolute Gasteiger partial charge is 0.176 e. The van der Waals surface area contributed by atoms with Crippen molar-refractivity contribution in [2.24, 2.45) is 0 Å². The van der Waals surface area contributed by atoms with Crippen molar-refractivity contribution in [2.45, 2.75) is 23.7 Å². The summed E-state index contributed by atoms with van der Waals surface area (Å²) in [5.41, 5.74) is 1.89. The van der Waals surface area contributed by atoms with E-state index in [4.69, 9.17) is 9.47 Å². The zero-order chi connectivity index (χ0) is 17.2. The monoisotopic (exact) mass is 374 g/mol. The van der Waals surface area contributed by atoms with Crippen LogP contribution in [0.2, 0.25) is 0 Å². The fraction of sp³-hybridized carbons (Fsp3) is 0.353. The summed E-state index contributed by atoms with van der Waals surface area (Å²) in [5.74, 6) is 2.44. The van der Waals surface area contributed by atoms with Gasteiger partial charge in [-0.05, 0) is 30.4 Å². The fourth-order valence-electron chi connectivity index (χ4n) is 2.79. The van der Waals surface area contributed by atoms with Crippen LogP contribution in [-0.4, -0.2) is 34.4 Å². The number of ether oxygens (including phenoxy) is 2. The van der Waals surface area contributed by atoms with E-state index in [-0.39, 0.29) is 6.04 Å². The molecule has 1 unspecified atom stereocenters. The van der Waals surface area contributed by atoms with E-state index >= 15 is 0 Å². The second-order valence-corrected chi connectivity index (χ2v) is 7.62. The van der Waals surface area contributed by atoms with Gasteiger partial charge in [0.05, 0.1) is 6.04 Å². The predicted molar refractivity (Wildman–Crippen MR) is 101 cm³/mol. The Morgan fingerprint density at radius 2 is 2.08 bits per heavy atom. The molecule has 1 aliphatic rings. The van der Waals surface area contributed by atoms with Gasteiger partial charge < -0.3 is 14.8 Å². The van der Waals surface area contributed by atoms with Crippen LogP contribution < -0.4 is 14.8 Å². The molecule has 0 fully saturated rings. The third-order valence-corrected chi connectivity index (χ3v) is 6.07. The van der Waals surface area contributed by atoms with Crippen LogP contribution in [0.3, 0.4) is 0 Å². The lowest BCUT2D eigenvalue weighted by atomic mass is 10.0. The Hall–Kier alpha value is -2.06. The minimum absolute atomic E-state index is 0.119. The van der Waals surface area contributed by atoms with Crippen molar-refractivity contribution in [3.8, 4) is 11.5 Å². The summed E-state index contributed by atoms with van der Waals surface area (Å²) in [7, 11) is 0. The summed E-state index contributed by atoms with van der Waals surface area (Å²) in [5, 5.41) is 3.55. The summed E-state index contributed by atoms with van der Waals surface area (Å²) in [4.78, 5) is 13.2. The van der Waals surface area contributed by atoms with Crippen LogP contribution in [0.4, 0.5) is 5.82 Å². The van der Waals surface area contributed by atoms with E-state index in [0.717, 1.165) is 44.0 Å². The lowest BCUT2D eigenvalue weighted by Gasteiger charge is -2.22. The molecule has 0 saturated carbocycles. The molecule has 6 nitrogen and oxygen atoms in total. The van der Waals surface area contributed by atoms with Crippen LogP contribution in [0.5, 0.6) is 11.5 Å². The average Bonchev–Trinajstić information content (AvgIpc) is 3.10. The number of rotatable bonds is 5. The van der Waals surface area contributed by atoms with Crippen molar-refractivity contribution >= 4 is 39.3 Å².